The molecule has 0 spiro atoms. The van der Waals surface area contributed by atoms with Gasteiger partial charge in [0.05, 0.1) is 24.3 Å². The van der Waals surface area contributed by atoms with Crippen LogP contribution in [0.1, 0.15) is 50.9 Å². The molecule has 1 aromatic rings. The largest absolute Gasteiger partial charge is 0.496 e. The number of hydrogen-bond donors (Lipinski definition) is 0. The topological polar surface area (TPSA) is 35.5 Å². The molecule has 0 aliphatic heterocycles. The van der Waals surface area contributed by atoms with Crippen molar-refractivity contribution in [3.8, 4) is 11.5 Å². The van der Waals surface area contributed by atoms with E-state index in [0.717, 1.165) is 10.9 Å². The van der Waals surface area contributed by atoms with Crippen molar-refractivity contribution >= 4 is 21.7 Å². The minimum atomic E-state index is 0.0920. The van der Waals surface area contributed by atoms with Crippen LogP contribution >= 0.6 is 15.9 Å². The summed E-state index contributed by atoms with van der Waals surface area (Å²) in [5, 5.41) is 0. The Hall–Kier alpha value is -1.03. The molecule has 21 heavy (non-hydrogen) atoms. The fourth-order valence-electron chi connectivity index (χ4n) is 2.62. The van der Waals surface area contributed by atoms with Crippen molar-refractivity contribution in [1.82, 2.24) is 0 Å². The third-order valence-corrected chi connectivity index (χ3v) is 3.89. The van der Waals surface area contributed by atoms with Gasteiger partial charge in [0.15, 0.2) is 5.78 Å². The molecule has 1 aromatic carbocycles. The summed E-state index contributed by atoms with van der Waals surface area (Å²) in [7, 11) is 3.16. The predicted molar refractivity (Wildman–Crippen MR) is 89.4 cm³/mol. The monoisotopic (exact) mass is 356 g/mol. The predicted octanol–water partition coefficient (Wildman–Crippen LogP) is 5.11. The lowest BCUT2D eigenvalue weighted by molar-refractivity contribution is 0.0951. The molecule has 1 rings (SSSR count). The molecule has 0 heterocycles. The van der Waals surface area contributed by atoms with Gasteiger partial charge in [-0.15, -0.1) is 0 Å². The van der Waals surface area contributed by atoms with Crippen LogP contribution in [0, 0.1) is 11.3 Å². The maximum Gasteiger partial charge on any atom is 0.167 e. The summed E-state index contributed by atoms with van der Waals surface area (Å²) in [6, 6.07) is 3.52. The van der Waals surface area contributed by atoms with Gasteiger partial charge in [0.25, 0.3) is 0 Å². The number of carbonyl (C=O) groups is 1. The number of halogens is 1. The van der Waals surface area contributed by atoms with Gasteiger partial charge in [0.1, 0.15) is 11.5 Å². The summed E-state index contributed by atoms with van der Waals surface area (Å²) in [4.78, 5) is 12.5. The van der Waals surface area contributed by atoms with E-state index in [1.54, 1.807) is 26.4 Å². The molecule has 1 unspecified atom stereocenters. The normalized spacial score (nSPS) is 12.9. The van der Waals surface area contributed by atoms with Gasteiger partial charge in [-0.2, -0.15) is 0 Å². The SMILES string of the molecule is COc1cc(C(=O)CC(C)CC(C)(C)C)c(OC)cc1Br. The third kappa shape index (κ3) is 5.34. The Labute approximate surface area is 136 Å². The summed E-state index contributed by atoms with van der Waals surface area (Å²) in [5.74, 6) is 1.64. The lowest BCUT2D eigenvalue weighted by atomic mass is 9.83. The average Bonchev–Trinajstić information content (AvgIpc) is 2.35. The molecule has 118 valence electrons. The number of methoxy groups -OCH3 is 2. The van der Waals surface area contributed by atoms with Crippen LogP contribution in [0.2, 0.25) is 0 Å². The molecule has 4 heteroatoms. The van der Waals surface area contributed by atoms with Crippen LogP contribution in [0.25, 0.3) is 0 Å². The lowest BCUT2D eigenvalue weighted by Crippen LogP contribution is -2.15. The van der Waals surface area contributed by atoms with E-state index >= 15 is 0 Å². The molecule has 0 aliphatic carbocycles. The Morgan fingerprint density at radius 1 is 1.19 bits per heavy atom. The second kappa shape index (κ2) is 7.30. The van der Waals surface area contributed by atoms with Crippen molar-refractivity contribution in [1.29, 1.82) is 0 Å². The molecule has 0 radical (unpaired) electrons. The number of benzene rings is 1. The van der Waals surface area contributed by atoms with Gasteiger partial charge >= 0.3 is 0 Å². The van der Waals surface area contributed by atoms with E-state index in [9.17, 15) is 4.79 Å². The molecule has 1 atom stereocenters. The number of ketones is 1. The standard InChI is InChI=1S/C17H25BrO3/c1-11(10-17(2,3)4)7-14(19)12-8-16(21-6)13(18)9-15(12)20-5/h8-9,11H,7,10H2,1-6H3. The molecule has 0 saturated carbocycles. The van der Waals surface area contributed by atoms with E-state index in [4.69, 9.17) is 9.47 Å². The fourth-order valence-corrected chi connectivity index (χ4v) is 3.11. The van der Waals surface area contributed by atoms with Crippen molar-refractivity contribution in [3.63, 3.8) is 0 Å². The van der Waals surface area contributed by atoms with E-state index in [-0.39, 0.29) is 11.2 Å². The molecule has 0 aromatic heterocycles. The molecule has 0 saturated heterocycles. The van der Waals surface area contributed by atoms with Crippen LogP contribution in [0.5, 0.6) is 11.5 Å². The minimum absolute atomic E-state index is 0.0920. The Morgan fingerprint density at radius 3 is 2.24 bits per heavy atom. The zero-order valence-electron chi connectivity index (χ0n) is 13.7. The number of rotatable bonds is 6. The van der Waals surface area contributed by atoms with Crippen LogP contribution in [0.3, 0.4) is 0 Å². The molecule has 0 bridgehead atoms. The molecule has 0 amide bonds. The summed E-state index contributed by atoms with van der Waals surface area (Å²) in [5.41, 5.74) is 0.805. The first kappa shape index (κ1) is 18.0. The Kier molecular flexibility index (Phi) is 6.26. The highest BCUT2D eigenvalue weighted by Crippen LogP contribution is 2.34. The molecule has 3 nitrogen and oxygen atoms in total. The van der Waals surface area contributed by atoms with Crippen LogP contribution in [0.4, 0.5) is 0 Å². The third-order valence-electron chi connectivity index (χ3n) is 3.27. The molecular formula is C17H25BrO3. The van der Waals surface area contributed by atoms with Crippen LogP contribution in [0.15, 0.2) is 16.6 Å². The van der Waals surface area contributed by atoms with Gasteiger partial charge in [-0.3, -0.25) is 4.79 Å². The number of ether oxygens (including phenoxy) is 2. The van der Waals surface area contributed by atoms with E-state index in [1.807, 2.05) is 0 Å². The Morgan fingerprint density at radius 2 is 1.76 bits per heavy atom. The Balaban J connectivity index is 2.96. The van der Waals surface area contributed by atoms with Crippen molar-refractivity contribution < 1.29 is 14.3 Å². The van der Waals surface area contributed by atoms with Gasteiger partial charge in [0.2, 0.25) is 0 Å². The van der Waals surface area contributed by atoms with Gasteiger partial charge in [-0.1, -0.05) is 27.7 Å². The molecule has 0 fully saturated rings. The van der Waals surface area contributed by atoms with Crippen molar-refractivity contribution in [2.75, 3.05) is 14.2 Å². The van der Waals surface area contributed by atoms with Crippen LogP contribution < -0.4 is 9.47 Å². The number of carbonyl (C=O) groups excluding carboxylic acids is 1. The highest BCUT2D eigenvalue weighted by Gasteiger charge is 2.21. The van der Waals surface area contributed by atoms with Crippen molar-refractivity contribution in [2.45, 2.75) is 40.5 Å². The van der Waals surface area contributed by atoms with Crippen LogP contribution in [-0.4, -0.2) is 20.0 Å². The summed E-state index contributed by atoms with van der Waals surface area (Å²) >= 11 is 3.41. The summed E-state index contributed by atoms with van der Waals surface area (Å²) in [6.45, 7) is 8.69. The summed E-state index contributed by atoms with van der Waals surface area (Å²) < 4.78 is 11.4. The zero-order valence-corrected chi connectivity index (χ0v) is 15.3. The molecule has 0 aliphatic rings. The second-order valence-electron chi connectivity index (χ2n) is 6.68. The van der Waals surface area contributed by atoms with E-state index < -0.39 is 0 Å². The van der Waals surface area contributed by atoms with Gasteiger partial charge in [-0.25, -0.2) is 0 Å². The highest BCUT2D eigenvalue weighted by atomic mass is 79.9. The lowest BCUT2D eigenvalue weighted by Gasteiger charge is -2.23. The van der Waals surface area contributed by atoms with E-state index in [2.05, 4.69) is 43.6 Å². The van der Waals surface area contributed by atoms with Gasteiger partial charge < -0.3 is 9.47 Å². The first-order chi connectivity index (χ1) is 9.67. The Bertz CT molecular complexity index is 503. The van der Waals surface area contributed by atoms with E-state index in [1.165, 1.54) is 0 Å². The summed E-state index contributed by atoms with van der Waals surface area (Å²) in [6.07, 6.45) is 1.52. The average molecular weight is 357 g/mol. The van der Waals surface area contributed by atoms with Crippen LogP contribution in [-0.2, 0) is 0 Å². The highest BCUT2D eigenvalue weighted by molar-refractivity contribution is 9.10. The maximum absolute atomic E-state index is 12.5. The molecular weight excluding hydrogens is 332 g/mol. The minimum Gasteiger partial charge on any atom is -0.496 e. The zero-order chi connectivity index (χ0) is 16.2. The maximum atomic E-state index is 12.5. The first-order valence-electron chi connectivity index (χ1n) is 7.12. The first-order valence-corrected chi connectivity index (χ1v) is 7.92. The fraction of sp³-hybridized carbons (Fsp3) is 0.588. The van der Waals surface area contributed by atoms with E-state index in [0.29, 0.717) is 29.4 Å². The van der Waals surface area contributed by atoms with Gasteiger partial charge in [0, 0.05) is 6.42 Å². The number of Topliss-reactive ketones (excluding diaryl/α,β-unsaturated/α-hetero) is 1. The molecule has 0 N–H and O–H groups in total. The van der Waals surface area contributed by atoms with Gasteiger partial charge in [-0.05, 0) is 45.8 Å². The van der Waals surface area contributed by atoms with Crippen molar-refractivity contribution in [2.24, 2.45) is 11.3 Å². The number of hydrogen-bond acceptors (Lipinski definition) is 3. The quantitative estimate of drug-likeness (QED) is 0.664. The van der Waals surface area contributed by atoms with Crippen molar-refractivity contribution in [3.05, 3.63) is 22.2 Å². The second-order valence-corrected chi connectivity index (χ2v) is 7.54. The smallest absolute Gasteiger partial charge is 0.167 e.